The van der Waals surface area contributed by atoms with Crippen molar-refractivity contribution in [2.24, 2.45) is 0 Å². The topological polar surface area (TPSA) is 95.7 Å². The maximum atomic E-state index is 12.3. The molecule has 1 aliphatic rings. The van der Waals surface area contributed by atoms with Gasteiger partial charge in [-0.1, -0.05) is 24.3 Å². The molecule has 0 saturated carbocycles. The van der Waals surface area contributed by atoms with Gasteiger partial charge in [0.05, 0.1) is 23.2 Å². The summed E-state index contributed by atoms with van der Waals surface area (Å²) in [6.45, 7) is 0.137. The van der Waals surface area contributed by atoms with E-state index in [0.717, 1.165) is 0 Å². The van der Waals surface area contributed by atoms with Crippen LogP contribution in [0.5, 0.6) is 5.75 Å². The van der Waals surface area contributed by atoms with E-state index < -0.39 is 11.0 Å². The molecule has 7 heteroatoms. The number of phenolic OH excluding ortho intramolecular Hbond substituents is 1. The summed E-state index contributed by atoms with van der Waals surface area (Å²) in [5.41, 5.74) is 0.430. The normalized spacial score (nSPS) is 14.8. The zero-order valence-electron chi connectivity index (χ0n) is 12.9. The molecule has 0 unspecified atom stereocenters. The number of amides is 2. The van der Waals surface area contributed by atoms with E-state index in [-0.39, 0.29) is 35.3 Å². The van der Waals surface area contributed by atoms with Crippen molar-refractivity contribution in [1.82, 2.24) is 5.32 Å². The van der Waals surface area contributed by atoms with Gasteiger partial charge in [0, 0.05) is 12.6 Å². The number of benzene rings is 2. The second-order valence-corrected chi connectivity index (χ2v) is 4.84. The summed E-state index contributed by atoms with van der Waals surface area (Å²) < 4.78 is 7.69. The fourth-order valence-electron chi connectivity index (χ4n) is 2.37. The highest BCUT2D eigenvalue weighted by atomic mass is 16.6. The summed E-state index contributed by atoms with van der Waals surface area (Å²) in [6, 6.07) is 9.99. The fourth-order valence-corrected chi connectivity index (χ4v) is 2.37. The Hall–Kier alpha value is -3.35. The number of urea groups is 1. The van der Waals surface area contributed by atoms with E-state index in [9.17, 15) is 20.0 Å². The summed E-state index contributed by atoms with van der Waals surface area (Å²) in [4.78, 5) is 24.2. The molecule has 0 saturated heterocycles. The van der Waals surface area contributed by atoms with Crippen molar-refractivity contribution in [2.75, 3.05) is 11.4 Å². The van der Waals surface area contributed by atoms with Crippen molar-refractivity contribution in [1.29, 1.82) is 0 Å². The molecule has 2 amide bonds. The predicted octanol–water partition coefficient (Wildman–Crippen LogP) is 2.87. The molecule has 1 heterocycles. The number of hydrogen-bond acceptors (Lipinski definition) is 4. The monoisotopic (exact) mass is 312 g/mol. The molecule has 0 aromatic heterocycles. The Morgan fingerprint density at radius 1 is 1.26 bits per heavy atom. The number of phenols is 1. The third-order valence-corrected chi connectivity index (χ3v) is 3.44. The number of anilines is 1. The standard InChI is InChI=1S/C16H13N3O4/c20-15-8-4-3-7-14(15)18-10-9-12(17-16(18)21)11-5-1-2-6-13(11)19(22)23/h1-9,20H,10H2,(H,17,21)/i6D. The first kappa shape index (κ1) is 13.3. The number of hydrogen-bond donors (Lipinski definition) is 2. The summed E-state index contributed by atoms with van der Waals surface area (Å²) in [5, 5.41) is 23.6. The number of rotatable bonds is 3. The third-order valence-electron chi connectivity index (χ3n) is 3.44. The Labute approximate surface area is 133 Å². The Morgan fingerprint density at radius 2 is 2.00 bits per heavy atom. The molecule has 0 bridgehead atoms. The lowest BCUT2D eigenvalue weighted by Gasteiger charge is -2.27. The lowest BCUT2D eigenvalue weighted by molar-refractivity contribution is -0.385. The lowest BCUT2D eigenvalue weighted by atomic mass is 10.1. The van der Waals surface area contributed by atoms with Gasteiger partial charge < -0.3 is 10.4 Å². The highest BCUT2D eigenvalue weighted by Gasteiger charge is 2.26. The van der Waals surface area contributed by atoms with Crippen molar-refractivity contribution in [3.8, 4) is 5.75 Å². The number of aromatic hydroxyl groups is 1. The van der Waals surface area contributed by atoms with Crippen LogP contribution in [0.25, 0.3) is 5.70 Å². The average molecular weight is 312 g/mol. The van der Waals surface area contributed by atoms with Crippen LogP contribution in [0.3, 0.4) is 0 Å². The van der Waals surface area contributed by atoms with Gasteiger partial charge >= 0.3 is 6.03 Å². The SMILES string of the molecule is [2H]c1cccc(C2=CCN(c3ccccc3O)C(=O)N2)c1[N+](=O)[O-]. The lowest BCUT2D eigenvalue weighted by Crippen LogP contribution is -2.43. The second-order valence-electron chi connectivity index (χ2n) is 4.84. The highest BCUT2D eigenvalue weighted by Crippen LogP contribution is 2.30. The highest BCUT2D eigenvalue weighted by molar-refractivity contribution is 6.01. The van der Waals surface area contributed by atoms with Gasteiger partial charge in [-0.3, -0.25) is 15.0 Å². The minimum absolute atomic E-state index is 0.0383. The Kier molecular flexibility index (Phi) is 3.36. The van der Waals surface area contributed by atoms with E-state index in [0.29, 0.717) is 5.69 Å². The summed E-state index contributed by atoms with van der Waals surface area (Å²) in [6.07, 6.45) is 1.61. The molecular formula is C16H13N3O4. The molecule has 2 aromatic rings. The van der Waals surface area contributed by atoms with Gasteiger partial charge in [-0.2, -0.15) is 0 Å². The molecule has 0 atom stereocenters. The first-order valence-electron chi connectivity index (χ1n) is 7.30. The molecule has 0 spiro atoms. The van der Waals surface area contributed by atoms with Crippen molar-refractivity contribution in [3.63, 3.8) is 0 Å². The number of nitrogens with zero attached hydrogens (tertiary/aromatic N) is 2. The molecule has 7 nitrogen and oxygen atoms in total. The van der Waals surface area contributed by atoms with Gasteiger partial charge in [-0.15, -0.1) is 0 Å². The van der Waals surface area contributed by atoms with Gasteiger partial charge in [0.15, 0.2) is 0 Å². The van der Waals surface area contributed by atoms with Crippen LogP contribution in [0, 0.1) is 10.1 Å². The molecule has 2 N–H and O–H groups in total. The smallest absolute Gasteiger partial charge is 0.326 e. The van der Waals surface area contributed by atoms with Crippen LogP contribution < -0.4 is 10.2 Å². The Morgan fingerprint density at radius 3 is 2.70 bits per heavy atom. The minimum atomic E-state index is -0.639. The predicted molar refractivity (Wildman–Crippen MR) is 85.1 cm³/mol. The average Bonchev–Trinajstić information content (AvgIpc) is 2.55. The van der Waals surface area contributed by atoms with Gasteiger partial charge in [0.25, 0.3) is 5.69 Å². The molecular weight excluding hydrogens is 298 g/mol. The minimum Gasteiger partial charge on any atom is -0.506 e. The van der Waals surface area contributed by atoms with Crippen LogP contribution in [-0.4, -0.2) is 22.6 Å². The molecule has 0 fully saturated rings. The number of para-hydroxylation sites is 3. The number of carbonyl (C=O) groups is 1. The molecule has 116 valence electrons. The van der Waals surface area contributed by atoms with Gasteiger partial charge in [-0.25, -0.2) is 4.79 Å². The second kappa shape index (κ2) is 5.80. The molecule has 0 radical (unpaired) electrons. The van der Waals surface area contributed by atoms with Crippen LogP contribution in [0.4, 0.5) is 16.2 Å². The molecule has 0 aliphatic carbocycles. The van der Waals surface area contributed by atoms with Crippen molar-refractivity contribution < 1.29 is 16.2 Å². The largest absolute Gasteiger partial charge is 0.506 e. The van der Waals surface area contributed by atoms with Crippen LogP contribution in [0.15, 0.2) is 54.6 Å². The maximum absolute atomic E-state index is 12.3. The van der Waals surface area contributed by atoms with E-state index in [1.807, 2.05) is 0 Å². The molecule has 23 heavy (non-hydrogen) atoms. The summed E-state index contributed by atoms with van der Waals surface area (Å²) in [7, 11) is 0. The number of nitrogens with one attached hydrogen (secondary N) is 1. The Balaban J connectivity index is 1.98. The van der Waals surface area contributed by atoms with Crippen LogP contribution in [0.2, 0.25) is 0 Å². The molecule has 1 aliphatic heterocycles. The molecule has 3 rings (SSSR count). The van der Waals surface area contributed by atoms with Gasteiger partial charge in [-0.05, 0) is 24.3 Å². The Bertz CT molecular complexity index is 866. The first-order valence-corrected chi connectivity index (χ1v) is 6.80. The van der Waals surface area contributed by atoms with Gasteiger partial charge in [0.2, 0.25) is 0 Å². The van der Waals surface area contributed by atoms with E-state index in [1.165, 1.54) is 29.2 Å². The van der Waals surface area contributed by atoms with Crippen LogP contribution in [-0.2, 0) is 0 Å². The number of carbonyl (C=O) groups excluding carboxylic acids is 1. The van der Waals surface area contributed by atoms with E-state index in [1.54, 1.807) is 24.3 Å². The number of nitro benzene ring substituents is 1. The zero-order chi connectivity index (χ0) is 17.3. The first-order chi connectivity index (χ1) is 11.5. The quantitative estimate of drug-likeness (QED) is 0.673. The summed E-state index contributed by atoms with van der Waals surface area (Å²) >= 11 is 0. The van der Waals surface area contributed by atoms with Crippen LogP contribution >= 0.6 is 0 Å². The van der Waals surface area contributed by atoms with Gasteiger partial charge in [0.1, 0.15) is 5.75 Å². The summed E-state index contributed by atoms with van der Waals surface area (Å²) in [5.74, 6) is -0.0383. The van der Waals surface area contributed by atoms with Crippen LogP contribution in [0.1, 0.15) is 6.93 Å². The fraction of sp³-hybridized carbons (Fsp3) is 0.0625. The van der Waals surface area contributed by atoms with Crippen molar-refractivity contribution in [2.45, 2.75) is 0 Å². The van der Waals surface area contributed by atoms with Crippen molar-refractivity contribution in [3.05, 3.63) is 70.3 Å². The van der Waals surface area contributed by atoms with Crippen molar-refractivity contribution >= 4 is 23.1 Å². The number of nitro groups is 1. The van der Waals surface area contributed by atoms with E-state index in [4.69, 9.17) is 1.37 Å². The molecule has 2 aromatic carbocycles. The van der Waals surface area contributed by atoms with E-state index in [2.05, 4.69) is 5.32 Å². The maximum Gasteiger partial charge on any atom is 0.326 e. The zero-order valence-corrected chi connectivity index (χ0v) is 11.9. The van der Waals surface area contributed by atoms with E-state index >= 15 is 0 Å². The third kappa shape index (κ3) is 2.71.